The second kappa shape index (κ2) is 7.60. The number of unbranched alkanes of at least 4 members (excludes halogenated alkanes) is 1. The van der Waals surface area contributed by atoms with Crippen LogP contribution in [0.2, 0.25) is 0 Å². The maximum absolute atomic E-state index is 12.6. The summed E-state index contributed by atoms with van der Waals surface area (Å²) in [5.41, 5.74) is 0. The zero-order valence-corrected chi connectivity index (χ0v) is 12.4. The van der Waals surface area contributed by atoms with Crippen LogP contribution in [0.25, 0.3) is 0 Å². The van der Waals surface area contributed by atoms with Crippen molar-refractivity contribution in [1.82, 2.24) is 0 Å². The van der Waals surface area contributed by atoms with Gasteiger partial charge in [-0.15, -0.1) is 0 Å². The lowest BCUT2D eigenvalue weighted by Crippen LogP contribution is -2.07. The van der Waals surface area contributed by atoms with E-state index in [4.69, 9.17) is 9.05 Å². The zero-order chi connectivity index (χ0) is 13.4. The lowest BCUT2D eigenvalue weighted by molar-refractivity contribution is 0.233. The van der Waals surface area contributed by atoms with Crippen molar-refractivity contribution < 1.29 is 13.6 Å². The second-order valence-electron chi connectivity index (χ2n) is 4.78. The molecular weight excluding hydrogens is 247 g/mol. The molecule has 0 amide bonds. The highest BCUT2D eigenvalue weighted by atomic mass is 31.2. The molecule has 0 aliphatic carbocycles. The van der Waals surface area contributed by atoms with Crippen LogP contribution in [0.1, 0.15) is 33.6 Å². The molecule has 0 heterocycles. The fourth-order valence-electron chi connectivity index (χ4n) is 1.39. The van der Waals surface area contributed by atoms with Crippen molar-refractivity contribution in [2.75, 3.05) is 12.8 Å². The van der Waals surface area contributed by atoms with Gasteiger partial charge in [0.1, 0.15) is 5.75 Å². The maximum Gasteiger partial charge on any atom is 0.379 e. The average molecular weight is 270 g/mol. The van der Waals surface area contributed by atoms with E-state index in [9.17, 15) is 4.57 Å². The van der Waals surface area contributed by atoms with Gasteiger partial charge in [-0.05, 0) is 24.5 Å². The number of para-hydroxylation sites is 1. The molecule has 1 aromatic carbocycles. The van der Waals surface area contributed by atoms with E-state index in [1.54, 1.807) is 12.1 Å². The minimum absolute atomic E-state index is 0.347. The Morgan fingerprint density at radius 2 is 1.89 bits per heavy atom. The topological polar surface area (TPSA) is 35.5 Å². The van der Waals surface area contributed by atoms with Gasteiger partial charge in [-0.25, -0.2) is 4.57 Å². The van der Waals surface area contributed by atoms with E-state index in [0.717, 1.165) is 12.8 Å². The third-order valence-corrected chi connectivity index (χ3v) is 4.27. The third-order valence-electron chi connectivity index (χ3n) is 2.38. The Morgan fingerprint density at radius 1 is 1.22 bits per heavy atom. The summed E-state index contributed by atoms with van der Waals surface area (Å²) in [7, 11) is -3.01. The van der Waals surface area contributed by atoms with Gasteiger partial charge in [0.2, 0.25) is 0 Å². The van der Waals surface area contributed by atoms with Crippen LogP contribution < -0.4 is 4.52 Å². The maximum atomic E-state index is 12.6. The smallest absolute Gasteiger partial charge is 0.379 e. The Bertz CT molecular complexity index is 376. The lowest BCUT2D eigenvalue weighted by atomic mass is 10.2. The minimum Gasteiger partial charge on any atom is -0.424 e. The van der Waals surface area contributed by atoms with E-state index in [1.165, 1.54) is 0 Å². The number of hydrogen-bond donors (Lipinski definition) is 0. The molecule has 1 rings (SSSR count). The Labute approximate surface area is 110 Å². The van der Waals surface area contributed by atoms with Gasteiger partial charge in [0.05, 0.1) is 12.8 Å². The van der Waals surface area contributed by atoms with Crippen molar-refractivity contribution in [2.45, 2.75) is 33.6 Å². The number of rotatable bonds is 8. The first-order valence-electron chi connectivity index (χ1n) is 6.54. The van der Waals surface area contributed by atoms with E-state index in [2.05, 4.69) is 6.92 Å². The molecule has 0 radical (unpaired) electrons. The van der Waals surface area contributed by atoms with Crippen molar-refractivity contribution in [1.29, 1.82) is 0 Å². The molecule has 4 heteroatoms. The van der Waals surface area contributed by atoms with Crippen LogP contribution in [0.15, 0.2) is 30.3 Å². The summed E-state index contributed by atoms with van der Waals surface area (Å²) < 4.78 is 23.7. The predicted molar refractivity (Wildman–Crippen MR) is 75.2 cm³/mol. The van der Waals surface area contributed by atoms with Gasteiger partial charge in [0, 0.05) is 0 Å². The standard InChI is InChI=1S/C14H23O3P/c1-4-5-11-18(15,16-12-13(2)3)17-14-9-7-6-8-10-14/h6-10,13H,4-5,11-12H2,1-3H3. The molecule has 0 aliphatic heterocycles. The average Bonchev–Trinajstić information content (AvgIpc) is 2.35. The quantitative estimate of drug-likeness (QED) is 0.640. The Morgan fingerprint density at radius 3 is 2.44 bits per heavy atom. The SMILES string of the molecule is CCCCP(=O)(OCC(C)C)Oc1ccccc1. The molecule has 1 unspecified atom stereocenters. The van der Waals surface area contributed by atoms with E-state index in [1.807, 2.05) is 32.0 Å². The number of benzene rings is 1. The van der Waals surface area contributed by atoms with Crippen LogP contribution in [0.3, 0.4) is 0 Å². The van der Waals surface area contributed by atoms with Crippen molar-refractivity contribution in [2.24, 2.45) is 5.92 Å². The highest BCUT2D eigenvalue weighted by Gasteiger charge is 2.25. The van der Waals surface area contributed by atoms with E-state index < -0.39 is 7.60 Å². The molecular formula is C14H23O3P. The first-order valence-corrected chi connectivity index (χ1v) is 8.27. The third kappa shape index (κ3) is 5.70. The Hall–Kier alpha value is -0.790. The molecule has 0 spiro atoms. The van der Waals surface area contributed by atoms with Gasteiger partial charge in [-0.3, -0.25) is 4.52 Å². The van der Waals surface area contributed by atoms with Crippen LogP contribution in [-0.2, 0) is 9.09 Å². The summed E-state index contributed by atoms with van der Waals surface area (Å²) >= 11 is 0. The van der Waals surface area contributed by atoms with Crippen molar-refractivity contribution in [3.8, 4) is 5.75 Å². The Kier molecular flexibility index (Phi) is 6.45. The molecule has 0 bridgehead atoms. The molecule has 102 valence electrons. The minimum atomic E-state index is -3.01. The normalized spacial score (nSPS) is 14.4. The lowest BCUT2D eigenvalue weighted by Gasteiger charge is -2.20. The van der Waals surface area contributed by atoms with Crippen LogP contribution in [0.4, 0.5) is 0 Å². The zero-order valence-electron chi connectivity index (χ0n) is 11.5. The fourth-order valence-corrected chi connectivity index (χ4v) is 3.34. The Balaban J connectivity index is 2.67. The van der Waals surface area contributed by atoms with Gasteiger partial charge in [-0.2, -0.15) is 0 Å². The van der Waals surface area contributed by atoms with E-state index >= 15 is 0 Å². The molecule has 18 heavy (non-hydrogen) atoms. The largest absolute Gasteiger partial charge is 0.424 e. The first kappa shape index (κ1) is 15.3. The van der Waals surface area contributed by atoms with Gasteiger partial charge in [0.15, 0.2) is 0 Å². The molecule has 1 aromatic rings. The fraction of sp³-hybridized carbons (Fsp3) is 0.571. The van der Waals surface area contributed by atoms with Crippen molar-refractivity contribution in [3.63, 3.8) is 0 Å². The second-order valence-corrected chi connectivity index (χ2v) is 6.89. The molecule has 0 fully saturated rings. The molecule has 0 saturated carbocycles. The van der Waals surface area contributed by atoms with Crippen molar-refractivity contribution >= 4 is 7.60 Å². The van der Waals surface area contributed by atoms with E-state index in [-0.39, 0.29) is 0 Å². The van der Waals surface area contributed by atoms with E-state index in [0.29, 0.717) is 24.4 Å². The molecule has 3 nitrogen and oxygen atoms in total. The van der Waals surface area contributed by atoms with Crippen molar-refractivity contribution in [3.05, 3.63) is 30.3 Å². The molecule has 0 aromatic heterocycles. The first-order chi connectivity index (χ1) is 8.56. The van der Waals surface area contributed by atoms with Crippen LogP contribution >= 0.6 is 7.60 Å². The summed E-state index contributed by atoms with van der Waals surface area (Å²) in [5, 5.41) is 0. The highest BCUT2D eigenvalue weighted by Crippen LogP contribution is 2.49. The summed E-state index contributed by atoms with van der Waals surface area (Å²) in [4.78, 5) is 0. The highest BCUT2D eigenvalue weighted by molar-refractivity contribution is 7.54. The monoisotopic (exact) mass is 270 g/mol. The molecule has 0 aliphatic rings. The summed E-state index contributed by atoms with van der Waals surface area (Å²) in [5.74, 6) is 0.958. The van der Waals surface area contributed by atoms with Gasteiger partial charge < -0.3 is 4.52 Å². The van der Waals surface area contributed by atoms with Crippen LogP contribution in [0, 0.1) is 5.92 Å². The van der Waals surface area contributed by atoms with Crippen LogP contribution in [-0.4, -0.2) is 12.8 Å². The van der Waals surface area contributed by atoms with Gasteiger partial charge in [0.25, 0.3) is 0 Å². The molecule has 0 saturated heterocycles. The summed E-state index contributed by atoms with van der Waals surface area (Å²) in [6.45, 7) is 6.60. The summed E-state index contributed by atoms with van der Waals surface area (Å²) in [6, 6.07) is 9.23. The predicted octanol–water partition coefficient (Wildman–Crippen LogP) is 4.73. The van der Waals surface area contributed by atoms with Crippen LogP contribution in [0.5, 0.6) is 5.75 Å². The van der Waals surface area contributed by atoms with Gasteiger partial charge in [-0.1, -0.05) is 45.4 Å². The number of hydrogen-bond acceptors (Lipinski definition) is 3. The molecule has 0 N–H and O–H groups in total. The molecule has 1 atom stereocenters. The summed E-state index contributed by atoms with van der Waals surface area (Å²) in [6.07, 6.45) is 2.31. The van der Waals surface area contributed by atoms with Gasteiger partial charge >= 0.3 is 7.60 Å².